The van der Waals surface area contributed by atoms with Crippen LogP contribution >= 0.6 is 0 Å². The van der Waals surface area contributed by atoms with Crippen LogP contribution in [0.25, 0.3) is 0 Å². The first-order chi connectivity index (χ1) is 12.5. The summed E-state index contributed by atoms with van der Waals surface area (Å²) in [7, 11) is 1.35. The molecule has 1 saturated heterocycles. The van der Waals surface area contributed by atoms with Gasteiger partial charge in [-0.1, -0.05) is 24.3 Å². The van der Waals surface area contributed by atoms with Crippen molar-refractivity contribution in [1.82, 2.24) is 10.2 Å². The van der Waals surface area contributed by atoms with Crippen LogP contribution in [0.4, 0.5) is 4.39 Å². The van der Waals surface area contributed by atoms with Gasteiger partial charge in [0, 0.05) is 32.1 Å². The first kappa shape index (κ1) is 18.1. The third kappa shape index (κ3) is 4.46. The highest BCUT2D eigenvalue weighted by atomic mass is 19.1. The van der Waals surface area contributed by atoms with Crippen molar-refractivity contribution < 1.29 is 18.7 Å². The minimum absolute atomic E-state index is 0.0522. The molecular formula is C20H21FN2O3. The highest BCUT2D eigenvalue weighted by Gasteiger charge is 2.29. The fourth-order valence-electron chi connectivity index (χ4n) is 3.06. The molecule has 1 N–H and O–H groups in total. The van der Waals surface area contributed by atoms with Gasteiger partial charge in [-0.15, -0.1) is 0 Å². The van der Waals surface area contributed by atoms with Gasteiger partial charge >= 0.3 is 5.97 Å². The van der Waals surface area contributed by atoms with Crippen LogP contribution in [0, 0.1) is 5.82 Å². The van der Waals surface area contributed by atoms with E-state index in [1.54, 1.807) is 23.1 Å². The zero-order valence-corrected chi connectivity index (χ0v) is 14.6. The number of carbonyl (C=O) groups is 2. The lowest BCUT2D eigenvalue weighted by Gasteiger charge is -2.17. The number of esters is 1. The van der Waals surface area contributed by atoms with Crippen LogP contribution in [-0.2, 0) is 22.6 Å². The van der Waals surface area contributed by atoms with Crippen molar-refractivity contribution in [2.75, 3.05) is 13.7 Å². The standard InChI is InChI=1S/C20H21FN2O3/c1-26-20(25)16-7-5-14(6-8-16)11-22-18-10-19(24)23(13-18)12-15-3-2-4-17(21)9-15/h2-9,18,22H,10-13H2,1H3/t18-/m1/s1. The van der Waals surface area contributed by atoms with E-state index in [0.29, 0.717) is 31.6 Å². The number of hydrogen-bond acceptors (Lipinski definition) is 4. The monoisotopic (exact) mass is 356 g/mol. The molecular weight excluding hydrogens is 335 g/mol. The lowest BCUT2D eigenvalue weighted by molar-refractivity contribution is -0.128. The quantitative estimate of drug-likeness (QED) is 0.808. The summed E-state index contributed by atoms with van der Waals surface area (Å²) >= 11 is 0. The molecule has 0 saturated carbocycles. The molecule has 26 heavy (non-hydrogen) atoms. The molecule has 6 heteroatoms. The molecule has 136 valence electrons. The summed E-state index contributed by atoms with van der Waals surface area (Å²) in [5.41, 5.74) is 2.32. The first-order valence-electron chi connectivity index (χ1n) is 8.48. The zero-order valence-electron chi connectivity index (χ0n) is 14.6. The number of ether oxygens (including phenoxy) is 1. The summed E-state index contributed by atoms with van der Waals surface area (Å²) in [6.07, 6.45) is 0.426. The van der Waals surface area contributed by atoms with Crippen molar-refractivity contribution in [2.45, 2.75) is 25.6 Å². The highest BCUT2D eigenvalue weighted by molar-refractivity contribution is 5.89. The number of rotatable bonds is 6. The van der Waals surface area contributed by atoms with Gasteiger partial charge in [-0.2, -0.15) is 0 Å². The van der Waals surface area contributed by atoms with Crippen molar-refractivity contribution in [2.24, 2.45) is 0 Å². The van der Waals surface area contributed by atoms with Crippen LogP contribution in [0.1, 0.15) is 27.9 Å². The Morgan fingerprint density at radius 2 is 2.00 bits per heavy atom. The lowest BCUT2D eigenvalue weighted by atomic mass is 10.1. The van der Waals surface area contributed by atoms with E-state index in [9.17, 15) is 14.0 Å². The molecule has 1 heterocycles. The van der Waals surface area contributed by atoms with E-state index < -0.39 is 0 Å². The van der Waals surface area contributed by atoms with Crippen LogP contribution in [0.3, 0.4) is 0 Å². The van der Waals surface area contributed by atoms with Gasteiger partial charge in [0.15, 0.2) is 0 Å². The van der Waals surface area contributed by atoms with Crippen molar-refractivity contribution in [3.63, 3.8) is 0 Å². The van der Waals surface area contributed by atoms with Crippen LogP contribution in [0.5, 0.6) is 0 Å². The van der Waals surface area contributed by atoms with Crippen molar-refractivity contribution in [1.29, 1.82) is 0 Å². The fraction of sp³-hybridized carbons (Fsp3) is 0.300. The largest absolute Gasteiger partial charge is 0.465 e. The number of likely N-dealkylation sites (tertiary alicyclic amines) is 1. The Balaban J connectivity index is 1.52. The average molecular weight is 356 g/mol. The van der Waals surface area contributed by atoms with Crippen LogP contribution in [-0.4, -0.2) is 36.5 Å². The van der Waals surface area contributed by atoms with E-state index in [1.807, 2.05) is 18.2 Å². The molecule has 0 aliphatic carbocycles. The Hall–Kier alpha value is -2.73. The van der Waals surface area contributed by atoms with E-state index in [4.69, 9.17) is 0 Å². The van der Waals surface area contributed by atoms with E-state index in [2.05, 4.69) is 10.1 Å². The molecule has 1 amide bonds. The summed E-state index contributed by atoms with van der Waals surface area (Å²) in [4.78, 5) is 25.4. The van der Waals surface area contributed by atoms with Gasteiger partial charge in [-0.25, -0.2) is 9.18 Å². The Labute approximate surface area is 151 Å². The second kappa shape index (κ2) is 8.10. The Kier molecular flexibility index (Phi) is 5.63. The Morgan fingerprint density at radius 3 is 2.69 bits per heavy atom. The normalized spacial score (nSPS) is 16.8. The minimum atomic E-state index is -0.362. The molecule has 3 rings (SSSR count). The molecule has 1 aliphatic heterocycles. The van der Waals surface area contributed by atoms with Crippen molar-refractivity contribution in [3.8, 4) is 0 Å². The molecule has 2 aromatic rings. The summed E-state index contributed by atoms with van der Waals surface area (Å²) in [6.45, 7) is 1.62. The SMILES string of the molecule is COC(=O)c1ccc(CN[C@@H]2CC(=O)N(Cc3cccc(F)c3)C2)cc1. The number of benzene rings is 2. The number of hydrogen-bond donors (Lipinski definition) is 1. The molecule has 1 atom stereocenters. The van der Waals surface area contributed by atoms with E-state index in [-0.39, 0.29) is 23.7 Å². The van der Waals surface area contributed by atoms with Gasteiger partial charge in [-0.3, -0.25) is 4.79 Å². The first-order valence-corrected chi connectivity index (χ1v) is 8.48. The number of nitrogens with zero attached hydrogens (tertiary/aromatic N) is 1. The van der Waals surface area contributed by atoms with Gasteiger partial charge < -0.3 is 15.0 Å². The molecule has 1 aliphatic rings. The van der Waals surface area contributed by atoms with E-state index in [0.717, 1.165) is 11.1 Å². The van der Waals surface area contributed by atoms with Crippen LogP contribution < -0.4 is 5.32 Å². The summed E-state index contributed by atoms with van der Waals surface area (Å²) < 4.78 is 18.0. The Morgan fingerprint density at radius 1 is 1.23 bits per heavy atom. The second-order valence-electron chi connectivity index (χ2n) is 6.37. The predicted molar refractivity (Wildman–Crippen MR) is 94.8 cm³/mol. The van der Waals surface area contributed by atoms with Gasteiger partial charge in [0.05, 0.1) is 12.7 Å². The molecule has 0 unspecified atom stereocenters. The number of methoxy groups -OCH3 is 1. The molecule has 0 bridgehead atoms. The van der Waals surface area contributed by atoms with Gasteiger partial charge in [0.1, 0.15) is 5.82 Å². The minimum Gasteiger partial charge on any atom is -0.465 e. The number of amides is 1. The molecule has 0 radical (unpaired) electrons. The third-order valence-electron chi connectivity index (χ3n) is 4.45. The smallest absolute Gasteiger partial charge is 0.337 e. The van der Waals surface area contributed by atoms with Crippen molar-refractivity contribution >= 4 is 11.9 Å². The van der Waals surface area contributed by atoms with Crippen LogP contribution in [0.15, 0.2) is 48.5 Å². The number of carbonyl (C=O) groups excluding carboxylic acids is 2. The van der Waals surface area contributed by atoms with E-state index >= 15 is 0 Å². The topological polar surface area (TPSA) is 58.6 Å². The second-order valence-corrected chi connectivity index (χ2v) is 6.37. The van der Waals surface area contributed by atoms with Crippen molar-refractivity contribution in [3.05, 3.63) is 71.0 Å². The summed E-state index contributed by atoms with van der Waals surface area (Å²) in [5, 5.41) is 3.37. The fourth-order valence-corrected chi connectivity index (χ4v) is 3.06. The van der Waals surface area contributed by atoms with Crippen LogP contribution in [0.2, 0.25) is 0 Å². The summed E-state index contributed by atoms with van der Waals surface area (Å²) in [5.74, 6) is -0.592. The maximum atomic E-state index is 13.3. The Bertz CT molecular complexity index is 792. The van der Waals surface area contributed by atoms with Gasteiger partial charge in [0.25, 0.3) is 0 Å². The van der Waals surface area contributed by atoms with E-state index in [1.165, 1.54) is 19.2 Å². The maximum absolute atomic E-state index is 13.3. The molecule has 0 aromatic heterocycles. The van der Waals surface area contributed by atoms with Gasteiger partial charge in [-0.05, 0) is 35.4 Å². The van der Waals surface area contributed by atoms with Gasteiger partial charge in [0.2, 0.25) is 5.91 Å². The average Bonchev–Trinajstić information content (AvgIpc) is 2.99. The number of halogens is 1. The predicted octanol–water partition coefficient (Wildman–Crippen LogP) is 2.50. The summed E-state index contributed by atoms with van der Waals surface area (Å²) in [6, 6.07) is 13.5. The molecule has 5 nitrogen and oxygen atoms in total. The molecule has 0 spiro atoms. The molecule has 1 fully saturated rings. The lowest BCUT2D eigenvalue weighted by Crippen LogP contribution is -2.32. The molecule has 2 aromatic carbocycles. The number of nitrogens with one attached hydrogen (secondary N) is 1. The maximum Gasteiger partial charge on any atom is 0.337 e. The third-order valence-corrected chi connectivity index (χ3v) is 4.45. The highest BCUT2D eigenvalue weighted by Crippen LogP contribution is 2.16. The zero-order chi connectivity index (χ0) is 18.5.